The predicted molar refractivity (Wildman–Crippen MR) is 111 cm³/mol. The van der Waals surface area contributed by atoms with E-state index in [1.807, 2.05) is 54.6 Å². The second kappa shape index (κ2) is 7.19. The second-order valence-corrected chi connectivity index (χ2v) is 6.92. The summed E-state index contributed by atoms with van der Waals surface area (Å²) in [7, 11) is 1.67. The van der Waals surface area contributed by atoms with E-state index >= 15 is 0 Å². The summed E-state index contributed by atoms with van der Waals surface area (Å²) < 4.78 is 11.6. The second-order valence-electron chi connectivity index (χ2n) is 6.92. The highest BCUT2D eigenvalue weighted by atomic mass is 16.5. The lowest BCUT2D eigenvalue weighted by molar-refractivity contribution is 0.414. The first-order valence-electron chi connectivity index (χ1n) is 9.19. The Hall–Kier alpha value is -4.02. The number of hydrogen-bond donors (Lipinski definition) is 0. The van der Waals surface area contributed by atoms with Crippen molar-refractivity contribution in [3.8, 4) is 29.4 Å². The number of rotatable bonds is 2. The smallest absolute Gasteiger partial charge is 0.137 e. The van der Waals surface area contributed by atoms with Crippen molar-refractivity contribution in [3.63, 3.8) is 0 Å². The lowest BCUT2D eigenvalue weighted by atomic mass is 9.87. The number of hydrogen-bond acceptors (Lipinski definition) is 4. The Morgan fingerprint density at radius 2 is 1.59 bits per heavy atom. The zero-order valence-corrected chi connectivity index (χ0v) is 16.4. The van der Waals surface area contributed by atoms with Crippen LogP contribution in [0.4, 0.5) is 0 Å². The molecule has 140 valence electrons. The van der Waals surface area contributed by atoms with Crippen LogP contribution in [0.15, 0.2) is 54.6 Å². The molecule has 1 heterocycles. The number of aryl methyl sites for hydroxylation is 2. The molecule has 0 aromatic heterocycles. The molecule has 0 spiro atoms. The summed E-state index contributed by atoms with van der Waals surface area (Å²) in [6.07, 6.45) is 0. The van der Waals surface area contributed by atoms with Crippen molar-refractivity contribution >= 4 is 11.1 Å². The van der Waals surface area contributed by atoms with Crippen LogP contribution >= 0.6 is 0 Å². The van der Waals surface area contributed by atoms with Gasteiger partial charge in [-0.2, -0.15) is 10.5 Å². The van der Waals surface area contributed by atoms with Gasteiger partial charge in [0.1, 0.15) is 35.0 Å². The van der Waals surface area contributed by atoms with Crippen molar-refractivity contribution in [1.29, 1.82) is 10.5 Å². The summed E-state index contributed by atoms with van der Waals surface area (Å²) in [5.41, 5.74) is 5.47. The molecule has 0 N–H and O–H groups in total. The van der Waals surface area contributed by atoms with E-state index < -0.39 is 0 Å². The number of para-hydroxylation sites is 1. The molecule has 0 radical (unpaired) electrons. The highest BCUT2D eigenvalue weighted by Crippen LogP contribution is 2.38. The molecule has 0 saturated heterocycles. The Morgan fingerprint density at radius 3 is 2.24 bits per heavy atom. The Morgan fingerprint density at radius 1 is 0.897 bits per heavy atom. The van der Waals surface area contributed by atoms with Crippen molar-refractivity contribution < 1.29 is 9.47 Å². The van der Waals surface area contributed by atoms with E-state index in [1.165, 1.54) is 0 Å². The van der Waals surface area contributed by atoms with Gasteiger partial charge in [0.15, 0.2) is 0 Å². The van der Waals surface area contributed by atoms with Gasteiger partial charge < -0.3 is 9.47 Å². The van der Waals surface area contributed by atoms with Crippen molar-refractivity contribution in [3.05, 3.63) is 87.3 Å². The van der Waals surface area contributed by atoms with Crippen LogP contribution < -0.4 is 19.9 Å². The molecule has 0 unspecified atom stereocenters. The van der Waals surface area contributed by atoms with Crippen LogP contribution in [0.25, 0.3) is 11.1 Å². The maximum atomic E-state index is 9.23. The summed E-state index contributed by atoms with van der Waals surface area (Å²) in [5.74, 6) is 2.20. The van der Waals surface area contributed by atoms with E-state index in [0.29, 0.717) is 11.0 Å². The van der Waals surface area contributed by atoms with Gasteiger partial charge in [-0.05, 0) is 60.9 Å². The van der Waals surface area contributed by atoms with Gasteiger partial charge in [0, 0.05) is 21.6 Å². The molecule has 3 aromatic carbocycles. The highest BCUT2D eigenvalue weighted by Gasteiger charge is 2.22. The minimum Gasteiger partial charge on any atom is -0.497 e. The van der Waals surface area contributed by atoms with Gasteiger partial charge in [0.05, 0.1) is 7.11 Å². The highest BCUT2D eigenvalue weighted by molar-refractivity contribution is 5.88. The van der Waals surface area contributed by atoms with Gasteiger partial charge in [0.2, 0.25) is 0 Å². The van der Waals surface area contributed by atoms with E-state index in [-0.39, 0.29) is 5.57 Å². The van der Waals surface area contributed by atoms with Gasteiger partial charge in [-0.1, -0.05) is 24.3 Å². The normalized spacial score (nSPS) is 11.4. The molecule has 4 rings (SSSR count). The zero-order valence-electron chi connectivity index (χ0n) is 16.4. The first-order chi connectivity index (χ1) is 14.1. The van der Waals surface area contributed by atoms with E-state index in [9.17, 15) is 10.5 Å². The summed E-state index contributed by atoms with van der Waals surface area (Å²) in [4.78, 5) is 0. The first kappa shape index (κ1) is 18.3. The number of benzene rings is 3. The molecule has 0 atom stereocenters. The predicted octanol–water partition coefficient (Wildman–Crippen LogP) is 3.86. The molecule has 0 bridgehead atoms. The molecule has 29 heavy (non-hydrogen) atoms. The fraction of sp³-hybridized carbons (Fsp3) is 0.120. The Kier molecular flexibility index (Phi) is 4.55. The summed E-state index contributed by atoms with van der Waals surface area (Å²) in [6.45, 7) is 4.14. The summed E-state index contributed by atoms with van der Waals surface area (Å²) in [5, 5.41) is 19.9. The summed E-state index contributed by atoms with van der Waals surface area (Å²) >= 11 is 0. The van der Waals surface area contributed by atoms with Crippen LogP contribution in [-0.4, -0.2) is 7.11 Å². The van der Waals surface area contributed by atoms with Crippen LogP contribution in [0.3, 0.4) is 0 Å². The average Bonchev–Trinajstić information content (AvgIpc) is 2.73. The number of nitriles is 2. The Labute approximate surface area is 169 Å². The van der Waals surface area contributed by atoms with Crippen LogP contribution in [0.2, 0.25) is 0 Å². The number of methoxy groups -OCH3 is 1. The maximum Gasteiger partial charge on any atom is 0.137 e. The van der Waals surface area contributed by atoms with Gasteiger partial charge in [-0.3, -0.25) is 0 Å². The van der Waals surface area contributed by atoms with Gasteiger partial charge in [0.25, 0.3) is 0 Å². The van der Waals surface area contributed by atoms with Crippen LogP contribution in [0, 0.1) is 36.5 Å². The van der Waals surface area contributed by atoms with E-state index in [2.05, 4.69) is 13.8 Å². The van der Waals surface area contributed by atoms with E-state index in [0.717, 1.165) is 44.5 Å². The molecular weight excluding hydrogens is 360 g/mol. The van der Waals surface area contributed by atoms with Gasteiger partial charge in [-0.15, -0.1) is 0 Å². The molecule has 0 amide bonds. The molecule has 0 fully saturated rings. The van der Waals surface area contributed by atoms with Crippen molar-refractivity contribution in [2.75, 3.05) is 7.11 Å². The minimum absolute atomic E-state index is 0.0635. The lowest BCUT2D eigenvalue weighted by Crippen LogP contribution is -2.21. The molecular formula is C25H18N2O2. The van der Waals surface area contributed by atoms with Gasteiger partial charge in [-0.25, -0.2) is 0 Å². The number of nitrogens with zero attached hydrogens (tertiary/aromatic N) is 2. The summed E-state index contributed by atoms with van der Waals surface area (Å²) in [6, 6.07) is 21.3. The Bertz CT molecular complexity index is 1320. The topological polar surface area (TPSA) is 66.0 Å². The number of ether oxygens (including phenoxy) is 2. The van der Waals surface area contributed by atoms with Crippen molar-refractivity contribution in [2.24, 2.45) is 0 Å². The standard InChI is InChI=1S/C25H18N2O2/c1-15-10-19(28-3)11-16(2)24(15)25-20-6-4-5-7-22(20)29-23-12-17(8-9-21(23)25)18(13-26)14-27/h4-12H,1-3H3. The fourth-order valence-electron chi connectivity index (χ4n) is 3.85. The molecule has 1 aliphatic rings. The van der Waals surface area contributed by atoms with Crippen molar-refractivity contribution in [2.45, 2.75) is 13.8 Å². The maximum absolute atomic E-state index is 9.23. The Balaban J connectivity index is 2.15. The molecule has 4 heteroatoms. The zero-order chi connectivity index (χ0) is 20.5. The van der Waals surface area contributed by atoms with Crippen LogP contribution in [-0.2, 0) is 0 Å². The number of fused-ring (bicyclic) bond motifs is 2. The quantitative estimate of drug-likeness (QED) is 0.531. The third kappa shape index (κ3) is 3.02. The fourth-order valence-corrected chi connectivity index (χ4v) is 3.85. The third-order valence-corrected chi connectivity index (χ3v) is 5.13. The molecule has 0 aliphatic carbocycles. The van der Waals surface area contributed by atoms with Gasteiger partial charge >= 0.3 is 0 Å². The average molecular weight is 378 g/mol. The monoisotopic (exact) mass is 378 g/mol. The van der Waals surface area contributed by atoms with Crippen LogP contribution in [0.5, 0.6) is 17.2 Å². The van der Waals surface area contributed by atoms with E-state index in [1.54, 1.807) is 19.2 Å². The van der Waals surface area contributed by atoms with Crippen molar-refractivity contribution in [1.82, 2.24) is 0 Å². The van der Waals surface area contributed by atoms with E-state index in [4.69, 9.17) is 9.47 Å². The van der Waals surface area contributed by atoms with Crippen LogP contribution in [0.1, 0.15) is 22.3 Å². The molecule has 1 aliphatic heterocycles. The molecule has 4 nitrogen and oxygen atoms in total. The first-order valence-corrected chi connectivity index (χ1v) is 9.19. The molecule has 0 saturated carbocycles. The molecule has 3 aromatic rings. The third-order valence-electron chi connectivity index (χ3n) is 5.13. The lowest BCUT2D eigenvalue weighted by Gasteiger charge is -2.23. The largest absolute Gasteiger partial charge is 0.497 e. The minimum atomic E-state index is 0.0635. The SMILES string of the molecule is COc1cc(C)c(C2=c3ccc(=C(C#N)C#N)cc3Oc3ccccc32)c(C)c1.